The second kappa shape index (κ2) is 6.23. The van der Waals surface area contributed by atoms with Gasteiger partial charge < -0.3 is 8.94 Å². The van der Waals surface area contributed by atoms with Gasteiger partial charge in [0.15, 0.2) is 5.82 Å². The van der Waals surface area contributed by atoms with Crippen LogP contribution in [0.4, 0.5) is 4.39 Å². The maximum absolute atomic E-state index is 13.4. The fraction of sp³-hybridized carbons (Fsp3) is 0.474. The Morgan fingerprint density at radius 3 is 2.85 bits per heavy atom. The molecule has 7 nitrogen and oxygen atoms in total. The van der Waals surface area contributed by atoms with E-state index in [9.17, 15) is 4.39 Å². The first-order valence-corrected chi connectivity index (χ1v) is 9.22. The number of nitrogens with zero attached hydrogens (tertiary/aromatic N) is 5. The lowest BCUT2D eigenvalue weighted by atomic mass is 9.91. The molecule has 0 bridgehead atoms. The molecule has 27 heavy (non-hydrogen) atoms. The standard InChI is InChI=1S/C19H20FN5O2/c1-12-21-16(27-24-12)11-25-7-5-19(6-8-25)10-15(19)18-23-22-17(26-18)13-3-2-4-14(20)9-13/h2-4,9,15H,5-8,10-11H2,1H3. The summed E-state index contributed by atoms with van der Waals surface area (Å²) in [5, 5.41) is 12.2. The number of halogens is 1. The zero-order valence-electron chi connectivity index (χ0n) is 15.1. The molecule has 1 atom stereocenters. The summed E-state index contributed by atoms with van der Waals surface area (Å²) in [7, 11) is 0. The summed E-state index contributed by atoms with van der Waals surface area (Å²) in [6, 6.07) is 6.24. The third-order valence-electron chi connectivity index (χ3n) is 5.78. The number of hydrogen-bond donors (Lipinski definition) is 0. The number of piperidine rings is 1. The van der Waals surface area contributed by atoms with E-state index in [0.717, 1.165) is 32.4 Å². The zero-order valence-corrected chi connectivity index (χ0v) is 15.1. The van der Waals surface area contributed by atoms with E-state index in [1.807, 2.05) is 6.92 Å². The summed E-state index contributed by atoms with van der Waals surface area (Å²) in [5.74, 6) is 2.41. The highest BCUT2D eigenvalue weighted by atomic mass is 19.1. The van der Waals surface area contributed by atoms with Crippen molar-refractivity contribution >= 4 is 0 Å². The summed E-state index contributed by atoms with van der Waals surface area (Å²) >= 11 is 0. The van der Waals surface area contributed by atoms with Crippen LogP contribution in [-0.4, -0.2) is 38.3 Å². The first-order chi connectivity index (χ1) is 13.1. The Bertz CT molecular complexity index is 960. The normalized spacial score (nSPS) is 21.6. The average Bonchev–Trinajstić information content (AvgIpc) is 2.99. The van der Waals surface area contributed by atoms with Gasteiger partial charge in [0.05, 0.1) is 6.54 Å². The Kier molecular flexibility index (Phi) is 3.82. The molecule has 1 aliphatic carbocycles. The van der Waals surface area contributed by atoms with Crippen LogP contribution in [0.25, 0.3) is 11.5 Å². The lowest BCUT2D eigenvalue weighted by Crippen LogP contribution is -2.34. The molecule has 8 heteroatoms. The van der Waals surface area contributed by atoms with Gasteiger partial charge in [-0.05, 0) is 62.9 Å². The molecule has 0 radical (unpaired) electrons. The molecule has 1 aromatic carbocycles. The highest BCUT2D eigenvalue weighted by Gasteiger charge is 2.58. The summed E-state index contributed by atoms with van der Waals surface area (Å²) in [6.07, 6.45) is 3.25. The number of aromatic nitrogens is 4. The molecule has 5 rings (SSSR count). The van der Waals surface area contributed by atoms with Gasteiger partial charge in [0.1, 0.15) is 5.82 Å². The van der Waals surface area contributed by atoms with Crippen molar-refractivity contribution < 1.29 is 13.3 Å². The average molecular weight is 369 g/mol. The molecular weight excluding hydrogens is 349 g/mol. The molecule has 0 N–H and O–H groups in total. The number of hydrogen-bond acceptors (Lipinski definition) is 7. The van der Waals surface area contributed by atoms with E-state index >= 15 is 0 Å². The first-order valence-electron chi connectivity index (χ1n) is 9.22. The van der Waals surface area contributed by atoms with Gasteiger partial charge in [-0.25, -0.2) is 4.39 Å². The molecule has 3 aromatic rings. The number of benzene rings is 1. The van der Waals surface area contributed by atoms with E-state index < -0.39 is 0 Å². The van der Waals surface area contributed by atoms with Gasteiger partial charge in [-0.3, -0.25) is 4.90 Å². The summed E-state index contributed by atoms with van der Waals surface area (Å²) in [6.45, 7) is 4.51. The fourth-order valence-corrected chi connectivity index (χ4v) is 4.12. The molecule has 140 valence electrons. The zero-order chi connectivity index (χ0) is 18.4. The molecule has 3 heterocycles. The summed E-state index contributed by atoms with van der Waals surface area (Å²) in [4.78, 5) is 6.62. The lowest BCUT2D eigenvalue weighted by Gasteiger charge is -2.31. The first kappa shape index (κ1) is 16.6. The molecule has 1 unspecified atom stereocenters. The molecule has 2 aliphatic rings. The number of likely N-dealkylation sites (tertiary alicyclic amines) is 1. The van der Waals surface area contributed by atoms with Crippen LogP contribution in [0.15, 0.2) is 33.2 Å². The third kappa shape index (κ3) is 3.14. The van der Waals surface area contributed by atoms with Gasteiger partial charge in [-0.2, -0.15) is 4.98 Å². The molecule has 2 aromatic heterocycles. The van der Waals surface area contributed by atoms with Crippen molar-refractivity contribution in [1.29, 1.82) is 0 Å². The fourth-order valence-electron chi connectivity index (χ4n) is 4.12. The monoisotopic (exact) mass is 369 g/mol. The third-order valence-corrected chi connectivity index (χ3v) is 5.78. The van der Waals surface area contributed by atoms with Crippen molar-refractivity contribution in [2.75, 3.05) is 13.1 Å². The lowest BCUT2D eigenvalue weighted by molar-refractivity contribution is 0.144. The van der Waals surface area contributed by atoms with E-state index in [1.165, 1.54) is 12.1 Å². The Morgan fingerprint density at radius 2 is 2.11 bits per heavy atom. The van der Waals surface area contributed by atoms with Crippen molar-refractivity contribution in [3.8, 4) is 11.5 Å². The second-order valence-corrected chi connectivity index (χ2v) is 7.59. The largest absolute Gasteiger partial charge is 0.420 e. The van der Waals surface area contributed by atoms with Gasteiger partial charge in [-0.15, -0.1) is 10.2 Å². The molecule has 1 spiro atoms. The highest BCUT2D eigenvalue weighted by Crippen LogP contribution is 2.64. The van der Waals surface area contributed by atoms with E-state index in [2.05, 4.69) is 25.2 Å². The van der Waals surface area contributed by atoms with Crippen LogP contribution in [0.3, 0.4) is 0 Å². The predicted octanol–water partition coefficient (Wildman–Crippen LogP) is 3.34. The Hall–Kier alpha value is -2.61. The topological polar surface area (TPSA) is 81.1 Å². The van der Waals surface area contributed by atoms with E-state index in [0.29, 0.717) is 41.5 Å². The van der Waals surface area contributed by atoms with Gasteiger partial charge >= 0.3 is 0 Å². The van der Waals surface area contributed by atoms with Crippen molar-refractivity contribution in [3.63, 3.8) is 0 Å². The molecule has 1 saturated heterocycles. The Balaban J connectivity index is 1.22. The van der Waals surface area contributed by atoms with Crippen LogP contribution in [0, 0.1) is 18.2 Å². The van der Waals surface area contributed by atoms with Crippen LogP contribution in [0.2, 0.25) is 0 Å². The molecular formula is C19H20FN5O2. The van der Waals surface area contributed by atoms with Gasteiger partial charge in [-0.1, -0.05) is 11.2 Å². The van der Waals surface area contributed by atoms with E-state index in [4.69, 9.17) is 8.94 Å². The van der Waals surface area contributed by atoms with Gasteiger partial charge in [0, 0.05) is 11.5 Å². The van der Waals surface area contributed by atoms with Gasteiger partial charge in [0.2, 0.25) is 17.7 Å². The highest BCUT2D eigenvalue weighted by molar-refractivity contribution is 5.52. The van der Waals surface area contributed by atoms with Crippen molar-refractivity contribution in [3.05, 3.63) is 47.7 Å². The molecule has 0 amide bonds. The van der Waals surface area contributed by atoms with Crippen LogP contribution in [-0.2, 0) is 6.54 Å². The minimum atomic E-state index is -0.307. The Morgan fingerprint density at radius 1 is 1.26 bits per heavy atom. The van der Waals surface area contributed by atoms with Crippen LogP contribution in [0.1, 0.15) is 42.8 Å². The van der Waals surface area contributed by atoms with Crippen molar-refractivity contribution in [1.82, 2.24) is 25.2 Å². The predicted molar refractivity (Wildman–Crippen MR) is 93.0 cm³/mol. The summed E-state index contributed by atoms with van der Waals surface area (Å²) in [5.41, 5.74) is 0.876. The maximum atomic E-state index is 13.4. The van der Waals surface area contributed by atoms with Crippen LogP contribution < -0.4 is 0 Å². The van der Waals surface area contributed by atoms with Crippen molar-refractivity contribution in [2.45, 2.75) is 38.6 Å². The molecule has 1 saturated carbocycles. The Labute approximate surface area is 155 Å². The minimum Gasteiger partial charge on any atom is -0.420 e. The SMILES string of the molecule is Cc1noc(CN2CCC3(CC2)CC3c2nnc(-c3cccc(F)c3)o2)n1. The smallest absolute Gasteiger partial charge is 0.247 e. The van der Waals surface area contributed by atoms with Crippen molar-refractivity contribution in [2.24, 2.45) is 5.41 Å². The maximum Gasteiger partial charge on any atom is 0.247 e. The second-order valence-electron chi connectivity index (χ2n) is 7.59. The molecule has 2 fully saturated rings. The minimum absolute atomic E-state index is 0.257. The van der Waals surface area contributed by atoms with E-state index in [1.54, 1.807) is 12.1 Å². The van der Waals surface area contributed by atoms with Crippen LogP contribution >= 0.6 is 0 Å². The van der Waals surface area contributed by atoms with Crippen LogP contribution in [0.5, 0.6) is 0 Å². The number of aryl methyl sites for hydroxylation is 1. The van der Waals surface area contributed by atoms with Gasteiger partial charge in [0.25, 0.3) is 0 Å². The number of rotatable bonds is 4. The summed E-state index contributed by atoms with van der Waals surface area (Å²) < 4.78 is 24.5. The quantitative estimate of drug-likeness (QED) is 0.698. The van der Waals surface area contributed by atoms with E-state index in [-0.39, 0.29) is 11.2 Å². The molecule has 1 aliphatic heterocycles.